The number of benzene rings is 2. The molecule has 0 aliphatic carbocycles. The van der Waals surface area contributed by atoms with E-state index >= 15 is 4.39 Å². The molecule has 2 aromatic carbocycles. The number of rotatable bonds is 10. The van der Waals surface area contributed by atoms with Crippen molar-refractivity contribution in [3.63, 3.8) is 0 Å². The molecule has 0 saturated carbocycles. The van der Waals surface area contributed by atoms with E-state index in [1.54, 1.807) is 6.92 Å². The topological polar surface area (TPSA) is 75.5 Å². The van der Waals surface area contributed by atoms with Gasteiger partial charge in [-0.25, -0.2) is 13.2 Å². The molecule has 1 N–H and O–H groups in total. The Bertz CT molecular complexity index is 1130. The first-order valence-electron chi connectivity index (χ1n) is 9.28. The third-order valence-electron chi connectivity index (χ3n) is 4.45. The smallest absolute Gasteiger partial charge is 0.380 e. The van der Waals surface area contributed by atoms with Crippen molar-refractivity contribution in [3.05, 3.63) is 57.8 Å². The van der Waals surface area contributed by atoms with Crippen LogP contribution in [0.5, 0.6) is 0 Å². The molecule has 0 aliphatic rings. The lowest BCUT2D eigenvalue weighted by atomic mass is 10.1. The summed E-state index contributed by atoms with van der Waals surface area (Å²) in [7, 11) is -4.50. The molecule has 2 aromatic rings. The zero-order valence-electron chi connectivity index (χ0n) is 16.9. The van der Waals surface area contributed by atoms with Gasteiger partial charge >= 0.3 is 10.0 Å². The standard InChI is InChI=1S/C20H20BrF3N2O4S2/c1-12(7-8-30-9-10-31)26(2)32(28,29)17-6-5-16(23)18(19(17)24)20(27)25-13-3-4-15(22)14(21)11-13/h3-6,11-12H,2,7-10H2,1H3,(H-,25,27,31)/p+1. The van der Waals surface area contributed by atoms with Gasteiger partial charge in [0.05, 0.1) is 17.7 Å². The van der Waals surface area contributed by atoms with Crippen LogP contribution < -0.4 is 5.32 Å². The first-order valence-corrected chi connectivity index (χ1v) is 12.1. The number of nitrogens with zero attached hydrogens (tertiary/aromatic N) is 1. The Morgan fingerprint density at radius 3 is 2.50 bits per heavy atom. The molecule has 1 amide bonds. The molecule has 1 unspecified atom stereocenters. The summed E-state index contributed by atoms with van der Waals surface area (Å²) in [6.45, 7) is 5.65. The molecule has 0 aromatic heterocycles. The maximum absolute atomic E-state index is 15.1. The van der Waals surface area contributed by atoms with Crippen LogP contribution in [0.3, 0.4) is 0 Å². The van der Waals surface area contributed by atoms with Gasteiger partial charge in [0.1, 0.15) is 23.9 Å². The molecule has 0 heterocycles. The van der Waals surface area contributed by atoms with Gasteiger partial charge in [0.25, 0.3) is 5.91 Å². The molecule has 2 rings (SSSR count). The minimum Gasteiger partial charge on any atom is -0.380 e. The van der Waals surface area contributed by atoms with Gasteiger partial charge in [-0.05, 0) is 53.2 Å². The number of anilines is 1. The van der Waals surface area contributed by atoms with Crippen LogP contribution in [0.1, 0.15) is 23.7 Å². The van der Waals surface area contributed by atoms with Crippen molar-refractivity contribution in [3.8, 4) is 0 Å². The van der Waals surface area contributed by atoms with Gasteiger partial charge in [-0.1, -0.05) is 0 Å². The molecule has 0 saturated heterocycles. The number of hydrogen-bond donors (Lipinski definition) is 2. The fraction of sp³-hybridized carbons (Fsp3) is 0.300. The molecule has 0 fully saturated rings. The van der Waals surface area contributed by atoms with Gasteiger partial charge in [0, 0.05) is 17.9 Å². The summed E-state index contributed by atoms with van der Waals surface area (Å²) < 4.78 is 74.4. The van der Waals surface area contributed by atoms with E-state index in [1.807, 2.05) is 0 Å². The first-order chi connectivity index (χ1) is 15.0. The largest absolute Gasteiger partial charge is 0.397 e. The molecule has 1 atom stereocenters. The highest BCUT2D eigenvalue weighted by Crippen LogP contribution is 2.26. The van der Waals surface area contributed by atoms with E-state index in [-0.39, 0.29) is 23.2 Å². The number of nitrogens with one attached hydrogen (secondary N) is 1. The SMILES string of the molecule is C=[N+](C(C)CCOCCS)S(=O)(=O)c1ccc(F)c(C(=O)Nc2ccc(F)c(Br)c2)c1F. The summed E-state index contributed by atoms with van der Waals surface area (Å²) in [5, 5.41) is 2.22. The zero-order valence-corrected chi connectivity index (χ0v) is 20.2. The number of thiol groups is 1. The van der Waals surface area contributed by atoms with Crippen LogP contribution in [-0.4, -0.2) is 50.0 Å². The molecule has 32 heavy (non-hydrogen) atoms. The van der Waals surface area contributed by atoms with Crippen molar-refractivity contribution in [1.29, 1.82) is 0 Å². The number of carbonyl (C=O) groups excluding carboxylic acids is 1. The summed E-state index contributed by atoms with van der Waals surface area (Å²) in [6, 6.07) is 4.16. The number of hydrogen-bond acceptors (Lipinski definition) is 5. The van der Waals surface area contributed by atoms with Crippen molar-refractivity contribution >= 4 is 56.9 Å². The first kappa shape index (κ1) is 26.4. The molecule has 174 valence electrons. The number of ether oxygens (including phenoxy) is 1. The maximum atomic E-state index is 15.1. The Labute approximate surface area is 198 Å². The summed E-state index contributed by atoms with van der Waals surface area (Å²) in [4.78, 5) is 11.6. The molecule has 0 aliphatic heterocycles. The zero-order chi connectivity index (χ0) is 24.1. The third-order valence-corrected chi connectivity index (χ3v) is 7.09. The van der Waals surface area contributed by atoms with Crippen molar-refractivity contribution in [1.82, 2.24) is 0 Å². The van der Waals surface area contributed by atoms with E-state index < -0.39 is 49.9 Å². The second kappa shape index (κ2) is 11.3. The number of carbonyl (C=O) groups is 1. The predicted octanol–water partition coefficient (Wildman–Crippen LogP) is 4.25. The van der Waals surface area contributed by atoms with Crippen molar-refractivity contribution in [2.45, 2.75) is 24.3 Å². The Hall–Kier alpha value is -1.89. The van der Waals surface area contributed by atoms with Crippen LogP contribution in [-0.2, 0) is 14.8 Å². The lowest BCUT2D eigenvalue weighted by molar-refractivity contribution is -0.403. The Kier molecular flexibility index (Phi) is 9.31. The van der Waals surface area contributed by atoms with Crippen molar-refractivity contribution in [2.75, 3.05) is 24.3 Å². The summed E-state index contributed by atoms with van der Waals surface area (Å²) in [6.07, 6.45) is 0.270. The van der Waals surface area contributed by atoms with Crippen LogP contribution >= 0.6 is 28.6 Å². The highest BCUT2D eigenvalue weighted by atomic mass is 79.9. The molecule has 0 radical (unpaired) electrons. The Morgan fingerprint density at radius 1 is 1.22 bits per heavy atom. The number of amides is 1. The van der Waals surface area contributed by atoms with Crippen LogP contribution in [0.15, 0.2) is 39.7 Å². The van der Waals surface area contributed by atoms with E-state index in [9.17, 15) is 22.0 Å². The Morgan fingerprint density at radius 2 is 1.88 bits per heavy atom. The molecule has 0 bridgehead atoms. The minimum absolute atomic E-state index is 0.0209. The second-order valence-electron chi connectivity index (χ2n) is 6.68. The van der Waals surface area contributed by atoms with Crippen LogP contribution in [0.4, 0.5) is 18.9 Å². The van der Waals surface area contributed by atoms with Gasteiger partial charge in [0.2, 0.25) is 0 Å². The van der Waals surface area contributed by atoms with Crippen LogP contribution in [0.25, 0.3) is 0 Å². The van der Waals surface area contributed by atoms with Crippen LogP contribution in [0, 0.1) is 17.5 Å². The second-order valence-corrected chi connectivity index (χ2v) is 9.84. The quantitative estimate of drug-likeness (QED) is 0.200. The maximum Gasteiger partial charge on any atom is 0.397 e. The summed E-state index contributed by atoms with van der Waals surface area (Å²) in [5.41, 5.74) is -1.05. The molecule has 12 heteroatoms. The van der Waals surface area contributed by atoms with E-state index in [1.165, 1.54) is 12.1 Å². The highest BCUT2D eigenvalue weighted by Gasteiger charge is 2.36. The fourth-order valence-corrected chi connectivity index (χ4v) is 4.54. The fourth-order valence-electron chi connectivity index (χ4n) is 2.64. The average molecular weight is 554 g/mol. The molecular formula is C20H21BrF3N2O4S2+. The van der Waals surface area contributed by atoms with Gasteiger partial charge < -0.3 is 10.1 Å². The summed E-state index contributed by atoms with van der Waals surface area (Å²) >= 11 is 6.93. The van der Waals surface area contributed by atoms with Gasteiger partial charge in [-0.15, -0.1) is 3.98 Å². The number of halogens is 4. The van der Waals surface area contributed by atoms with Gasteiger partial charge in [0.15, 0.2) is 16.8 Å². The van der Waals surface area contributed by atoms with Gasteiger partial charge in [-0.3, -0.25) is 4.79 Å². The average Bonchev–Trinajstić information content (AvgIpc) is 2.73. The van der Waals surface area contributed by atoms with Crippen molar-refractivity contribution in [2.24, 2.45) is 0 Å². The van der Waals surface area contributed by atoms with E-state index in [2.05, 4.69) is 40.6 Å². The van der Waals surface area contributed by atoms with E-state index in [0.29, 0.717) is 22.4 Å². The number of sulfonamides is 1. The minimum atomic E-state index is -4.50. The van der Waals surface area contributed by atoms with E-state index in [0.717, 1.165) is 12.1 Å². The predicted molar refractivity (Wildman–Crippen MR) is 122 cm³/mol. The highest BCUT2D eigenvalue weighted by molar-refractivity contribution is 9.10. The lowest BCUT2D eigenvalue weighted by Gasteiger charge is -2.13. The van der Waals surface area contributed by atoms with Crippen molar-refractivity contribution < 1.29 is 35.1 Å². The monoisotopic (exact) mass is 553 g/mol. The normalized spacial score (nSPS) is 12.4. The molecule has 6 nitrogen and oxygen atoms in total. The Balaban J connectivity index is 2.32. The summed E-state index contributed by atoms with van der Waals surface area (Å²) in [5.74, 6) is -4.16. The molecule has 0 spiro atoms. The van der Waals surface area contributed by atoms with Crippen LogP contribution in [0.2, 0.25) is 0 Å². The third kappa shape index (κ3) is 6.12. The molecular weight excluding hydrogens is 533 g/mol. The lowest BCUT2D eigenvalue weighted by Crippen LogP contribution is -2.31. The van der Waals surface area contributed by atoms with Gasteiger partial charge in [-0.2, -0.15) is 21.0 Å². The van der Waals surface area contributed by atoms with E-state index in [4.69, 9.17) is 4.74 Å².